The van der Waals surface area contributed by atoms with Crippen molar-refractivity contribution in [2.24, 2.45) is 4.99 Å². The number of rotatable bonds is 8. The maximum atomic E-state index is 15.2. The molecule has 4 aromatic rings. The number of esters is 1. The lowest BCUT2D eigenvalue weighted by Gasteiger charge is -2.23. The van der Waals surface area contributed by atoms with Crippen molar-refractivity contribution in [2.45, 2.75) is 51.2 Å². The van der Waals surface area contributed by atoms with Crippen LogP contribution in [0.15, 0.2) is 102 Å². The quantitative estimate of drug-likeness (QED) is 0.0834. The standard InChI is InChI=1S/C35H28F7NO3/c1-33(2,3)46-32(45)29(43-30(21-10-6-4-7-11-21)22-12-8-5-9-13-22)19-24-16-23(14-15-28(24)36)31(44)25-17-26(34(37,38)39)20-27(18-25)35(40,41)42/h4-18,20,29H,19H2,1-3H3. The lowest BCUT2D eigenvalue weighted by molar-refractivity contribution is -0.156. The normalized spacial score (nSPS) is 12.7. The Hall–Kier alpha value is -4.80. The molecule has 0 spiro atoms. The topological polar surface area (TPSA) is 55.7 Å². The van der Waals surface area contributed by atoms with Gasteiger partial charge in [0.05, 0.1) is 16.8 Å². The second-order valence-electron chi connectivity index (χ2n) is 11.4. The number of hydrogen-bond donors (Lipinski definition) is 0. The molecule has 11 heteroatoms. The van der Waals surface area contributed by atoms with Crippen LogP contribution in [0.1, 0.15) is 64.5 Å². The third kappa shape index (κ3) is 8.68. The first-order chi connectivity index (χ1) is 21.4. The highest BCUT2D eigenvalue weighted by atomic mass is 19.4. The summed E-state index contributed by atoms with van der Waals surface area (Å²) in [4.78, 5) is 31.4. The fourth-order valence-electron chi connectivity index (χ4n) is 4.55. The van der Waals surface area contributed by atoms with E-state index in [4.69, 9.17) is 4.74 Å². The van der Waals surface area contributed by atoms with Gasteiger partial charge in [0, 0.05) is 28.7 Å². The minimum absolute atomic E-state index is 0.0899. The Kier molecular flexibility index (Phi) is 9.84. The minimum atomic E-state index is -5.17. The molecule has 4 nitrogen and oxygen atoms in total. The van der Waals surface area contributed by atoms with Crippen LogP contribution in [-0.2, 0) is 28.3 Å². The molecule has 0 radical (unpaired) electrons. The van der Waals surface area contributed by atoms with Crippen molar-refractivity contribution >= 4 is 17.5 Å². The summed E-state index contributed by atoms with van der Waals surface area (Å²) in [6, 6.07) is 19.7. The molecule has 0 N–H and O–H groups in total. The molecule has 0 heterocycles. The number of hydrogen-bond acceptors (Lipinski definition) is 4. The Bertz CT molecular complexity index is 1670. The molecule has 0 aliphatic heterocycles. The van der Waals surface area contributed by atoms with Crippen LogP contribution < -0.4 is 0 Å². The van der Waals surface area contributed by atoms with Crippen LogP contribution in [-0.4, -0.2) is 29.1 Å². The fourth-order valence-corrected chi connectivity index (χ4v) is 4.55. The van der Waals surface area contributed by atoms with Crippen LogP contribution in [0.3, 0.4) is 0 Å². The largest absolute Gasteiger partial charge is 0.458 e. The highest BCUT2D eigenvalue weighted by molar-refractivity contribution is 6.13. The van der Waals surface area contributed by atoms with Gasteiger partial charge in [-0.05, 0) is 62.7 Å². The number of nitrogens with zero attached hydrogens (tertiary/aromatic N) is 1. The smallest absolute Gasteiger partial charge is 0.416 e. The fraction of sp³-hybridized carbons (Fsp3) is 0.229. The zero-order valence-corrected chi connectivity index (χ0v) is 24.8. The molecular formula is C35H28F7NO3. The first-order valence-corrected chi connectivity index (χ1v) is 14.0. The molecule has 4 aromatic carbocycles. The summed E-state index contributed by atoms with van der Waals surface area (Å²) in [5.41, 5.74) is -4.14. The minimum Gasteiger partial charge on any atom is -0.458 e. The number of ether oxygens (including phenoxy) is 1. The molecule has 0 amide bonds. The summed E-state index contributed by atoms with van der Waals surface area (Å²) < 4.78 is 101. The molecular weight excluding hydrogens is 615 g/mol. The van der Waals surface area contributed by atoms with Gasteiger partial charge in [0.1, 0.15) is 11.4 Å². The highest BCUT2D eigenvalue weighted by Crippen LogP contribution is 2.37. The van der Waals surface area contributed by atoms with Gasteiger partial charge in [-0.2, -0.15) is 26.3 Å². The summed E-state index contributed by atoms with van der Waals surface area (Å²) in [6.07, 6.45) is -10.8. The molecule has 1 atom stereocenters. The van der Waals surface area contributed by atoms with Gasteiger partial charge >= 0.3 is 18.3 Å². The maximum absolute atomic E-state index is 15.2. The van der Waals surface area contributed by atoms with E-state index in [0.29, 0.717) is 29.0 Å². The second-order valence-corrected chi connectivity index (χ2v) is 11.4. The van der Waals surface area contributed by atoms with Crippen molar-refractivity contribution in [3.8, 4) is 0 Å². The predicted molar refractivity (Wildman–Crippen MR) is 158 cm³/mol. The number of ketones is 1. The van der Waals surface area contributed by atoms with Crippen LogP contribution >= 0.6 is 0 Å². The summed E-state index contributed by atoms with van der Waals surface area (Å²) in [6.45, 7) is 4.89. The van der Waals surface area contributed by atoms with Gasteiger partial charge in [-0.15, -0.1) is 0 Å². The third-order valence-electron chi connectivity index (χ3n) is 6.63. The van der Waals surface area contributed by atoms with Gasteiger partial charge in [-0.1, -0.05) is 60.7 Å². The van der Waals surface area contributed by atoms with Gasteiger partial charge < -0.3 is 4.74 Å². The van der Waals surface area contributed by atoms with Gasteiger partial charge in [-0.25, -0.2) is 9.18 Å². The van der Waals surface area contributed by atoms with Crippen molar-refractivity contribution in [3.05, 3.63) is 142 Å². The first-order valence-electron chi connectivity index (χ1n) is 14.0. The van der Waals surface area contributed by atoms with E-state index in [1.165, 1.54) is 0 Å². The molecule has 0 saturated carbocycles. The van der Waals surface area contributed by atoms with E-state index in [1.807, 2.05) is 0 Å². The van der Waals surface area contributed by atoms with Crippen molar-refractivity contribution < 1.29 is 45.1 Å². The first kappa shape index (κ1) is 34.1. The van der Waals surface area contributed by atoms with Crippen molar-refractivity contribution in [2.75, 3.05) is 0 Å². The van der Waals surface area contributed by atoms with Crippen LogP contribution in [0.25, 0.3) is 0 Å². The van der Waals surface area contributed by atoms with Crippen LogP contribution in [0.5, 0.6) is 0 Å². The van der Waals surface area contributed by atoms with Gasteiger partial charge in [-0.3, -0.25) is 9.79 Å². The van der Waals surface area contributed by atoms with Gasteiger partial charge in [0.15, 0.2) is 11.8 Å². The molecule has 4 rings (SSSR count). The van der Waals surface area contributed by atoms with Crippen LogP contribution in [0, 0.1) is 5.82 Å². The molecule has 240 valence electrons. The maximum Gasteiger partial charge on any atom is 0.416 e. The number of benzene rings is 4. The molecule has 0 fully saturated rings. The molecule has 0 aliphatic rings. The van der Waals surface area contributed by atoms with E-state index in [-0.39, 0.29) is 17.2 Å². The summed E-state index contributed by atoms with van der Waals surface area (Å²) in [5.74, 6) is -2.90. The number of halogens is 7. The van der Waals surface area contributed by atoms with Crippen LogP contribution in [0.2, 0.25) is 0 Å². The zero-order chi connectivity index (χ0) is 33.9. The second kappa shape index (κ2) is 13.3. The predicted octanol–water partition coefficient (Wildman–Crippen LogP) is 8.88. The molecule has 0 saturated heterocycles. The molecule has 1 unspecified atom stereocenters. The van der Waals surface area contributed by atoms with Gasteiger partial charge in [0.2, 0.25) is 0 Å². The van der Waals surface area contributed by atoms with Crippen molar-refractivity contribution in [1.29, 1.82) is 0 Å². The average molecular weight is 644 g/mol. The Morgan fingerprint density at radius 2 is 1.17 bits per heavy atom. The van der Waals surface area contributed by atoms with E-state index in [2.05, 4.69) is 4.99 Å². The third-order valence-corrected chi connectivity index (χ3v) is 6.63. The Morgan fingerprint density at radius 1 is 0.674 bits per heavy atom. The highest BCUT2D eigenvalue weighted by Gasteiger charge is 2.38. The van der Waals surface area contributed by atoms with E-state index >= 15 is 4.39 Å². The molecule has 0 aliphatic carbocycles. The lowest BCUT2D eigenvalue weighted by Crippen LogP contribution is -2.33. The van der Waals surface area contributed by atoms with E-state index in [9.17, 15) is 35.9 Å². The number of carbonyl (C=O) groups excluding carboxylic acids is 2. The SMILES string of the molecule is CC(C)(C)OC(=O)C(Cc1cc(C(=O)c2cc(C(F)(F)F)cc(C(F)(F)F)c2)ccc1F)N=C(c1ccccc1)c1ccccc1. The molecule has 0 bridgehead atoms. The average Bonchev–Trinajstić information content (AvgIpc) is 2.98. The lowest BCUT2D eigenvalue weighted by atomic mass is 9.95. The zero-order valence-electron chi connectivity index (χ0n) is 24.8. The summed E-state index contributed by atoms with van der Waals surface area (Å²) in [5, 5.41) is 0. The van der Waals surface area contributed by atoms with E-state index < -0.39 is 64.7 Å². The Morgan fingerprint density at radius 3 is 1.63 bits per heavy atom. The van der Waals surface area contributed by atoms with Crippen molar-refractivity contribution in [3.63, 3.8) is 0 Å². The monoisotopic (exact) mass is 643 g/mol. The number of carbonyl (C=O) groups is 2. The summed E-state index contributed by atoms with van der Waals surface area (Å²) in [7, 11) is 0. The van der Waals surface area contributed by atoms with E-state index in [0.717, 1.165) is 18.2 Å². The van der Waals surface area contributed by atoms with Crippen molar-refractivity contribution in [1.82, 2.24) is 0 Å². The van der Waals surface area contributed by atoms with E-state index in [1.54, 1.807) is 81.4 Å². The Labute approximate surface area is 260 Å². The van der Waals surface area contributed by atoms with Gasteiger partial charge in [0.25, 0.3) is 0 Å². The Balaban J connectivity index is 1.80. The molecule has 0 aromatic heterocycles. The molecule has 46 heavy (non-hydrogen) atoms. The van der Waals surface area contributed by atoms with Crippen LogP contribution in [0.4, 0.5) is 30.7 Å². The number of alkyl halides is 6. The number of aliphatic imine (C=N–C) groups is 1. The summed E-state index contributed by atoms with van der Waals surface area (Å²) >= 11 is 0.